The van der Waals surface area contributed by atoms with Gasteiger partial charge in [0.05, 0.1) is 6.61 Å². The Hall–Kier alpha value is -0.280. The molecule has 0 radical (unpaired) electrons. The van der Waals surface area contributed by atoms with Gasteiger partial charge in [0.15, 0.2) is 0 Å². The summed E-state index contributed by atoms with van der Waals surface area (Å²) in [5, 5.41) is 3.97. The van der Waals surface area contributed by atoms with Gasteiger partial charge >= 0.3 is 0 Å². The van der Waals surface area contributed by atoms with Crippen molar-refractivity contribution in [3.05, 3.63) is 34.9 Å². The molecule has 0 bridgehead atoms. The minimum Gasteiger partial charge on any atom is -0.358 e. The van der Waals surface area contributed by atoms with E-state index in [0.29, 0.717) is 0 Å². The quantitative estimate of drug-likeness (QED) is 0.784. The fourth-order valence-corrected chi connectivity index (χ4v) is 1.51. The van der Waals surface area contributed by atoms with Gasteiger partial charge in [-0.25, -0.2) is 0 Å². The molecule has 1 aromatic carbocycles. The van der Waals surface area contributed by atoms with E-state index in [-0.39, 0.29) is 18.6 Å². The lowest BCUT2D eigenvalue weighted by atomic mass is 10.2. The molecule has 1 unspecified atom stereocenters. The lowest BCUT2D eigenvalue weighted by Crippen LogP contribution is -2.13. The van der Waals surface area contributed by atoms with Gasteiger partial charge in [-0.15, -0.1) is 12.4 Å². The SMILES string of the molecule is Cl.Clc1cccc(C2NCCO2)c1. The van der Waals surface area contributed by atoms with Crippen LogP contribution in [0, 0.1) is 0 Å². The van der Waals surface area contributed by atoms with Gasteiger partial charge in [-0.3, -0.25) is 5.32 Å². The summed E-state index contributed by atoms with van der Waals surface area (Å²) < 4.78 is 5.42. The van der Waals surface area contributed by atoms with Crippen molar-refractivity contribution in [3.8, 4) is 0 Å². The maximum absolute atomic E-state index is 5.84. The Morgan fingerprint density at radius 2 is 2.31 bits per heavy atom. The first-order chi connectivity index (χ1) is 5.86. The largest absolute Gasteiger partial charge is 0.358 e. The molecular weight excluding hydrogens is 209 g/mol. The van der Waals surface area contributed by atoms with Gasteiger partial charge in [-0.05, 0) is 17.7 Å². The van der Waals surface area contributed by atoms with Crippen molar-refractivity contribution in [3.63, 3.8) is 0 Å². The Bertz CT molecular complexity index is 274. The van der Waals surface area contributed by atoms with Crippen LogP contribution in [0.3, 0.4) is 0 Å². The predicted octanol–water partition coefficient (Wildman–Crippen LogP) is 2.38. The molecule has 1 aliphatic rings. The molecule has 2 nitrogen and oxygen atoms in total. The molecule has 0 amide bonds. The molecule has 0 aliphatic carbocycles. The van der Waals surface area contributed by atoms with Crippen molar-refractivity contribution in [2.75, 3.05) is 13.2 Å². The lowest BCUT2D eigenvalue weighted by molar-refractivity contribution is 0.102. The third-order valence-corrected chi connectivity index (χ3v) is 2.10. The monoisotopic (exact) mass is 219 g/mol. The zero-order chi connectivity index (χ0) is 8.39. The summed E-state index contributed by atoms with van der Waals surface area (Å²) in [4.78, 5) is 0. The molecule has 2 rings (SSSR count). The number of benzene rings is 1. The topological polar surface area (TPSA) is 21.3 Å². The summed E-state index contributed by atoms with van der Waals surface area (Å²) in [6, 6.07) is 7.72. The van der Waals surface area contributed by atoms with Gasteiger partial charge in [0.25, 0.3) is 0 Å². The highest BCUT2D eigenvalue weighted by Gasteiger charge is 2.15. The highest BCUT2D eigenvalue weighted by atomic mass is 35.5. The van der Waals surface area contributed by atoms with Crippen LogP contribution in [0.25, 0.3) is 0 Å². The average Bonchev–Trinajstić information content (AvgIpc) is 2.56. The number of rotatable bonds is 1. The molecule has 1 aromatic rings. The van der Waals surface area contributed by atoms with Gasteiger partial charge < -0.3 is 4.74 Å². The van der Waals surface area contributed by atoms with E-state index in [1.54, 1.807) is 0 Å². The highest BCUT2D eigenvalue weighted by molar-refractivity contribution is 6.30. The zero-order valence-corrected chi connectivity index (χ0v) is 8.57. The maximum Gasteiger partial charge on any atom is 0.134 e. The maximum atomic E-state index is 5.84. The summed E-state index contributed by atoms with van der Waals surface area (Å²) in [5.41, 5.74) is 1.10. The minimum absolute atomic E-state index is 0. The first-order valence-corrected chi connectivity index (χ1v) is 4.34. The molecule has 1 atom stereocenters. The highest BCUT2D eigenvalue weighted by Crippen LogP contribution is 2.20. The second kappa shape index (κ2) is 4.82. The molecule has 1 aliphatic heterocycles. The summed E-state index contributed by atoms with van der Waals surface area (Å²) in [6.45, 7) is 1.69. The van der Waals surface area contributed by atoms with Crippen LogP contribution in [0.2, 0.25) is 5.02 Å². The first kappa shape index (κ1) is 10.8. The van der Waals surface area contributed by atoms with Crippen molar-refractivity contribution >= 4 is 24.0 Å². The van der Waals surface area contributed by atoms with E-state index in [2.05, 4.69) is 5.32 Å². The second-order valence-corrected chi connectivity index (χ2v) is 3.20. The molecule has 1 heterocycles. The standard InChI is InChI=1S/C9H10ClNO.ClH/c10-8-3-1-2-7(6-8)9-11-4-5-12-9;/h1-3,6,9,11H,4-5H2;1H. The fourth-order valence-electron chi connectivity index (χ4n) is 1.31. The van der Waals surface area contributed by atoms with Crippen LogP contribution in [0.5, 0.6) is 0 Å². The minimum atomic E-state index is 0. The van der Waals surface area contributed by atoms with Crippen LogP contribution in [0.4, 0.5) is 0 Å². The van der Waals surface area contributed by atoms with Crippen LogP contribution in [0.1, 0.15) is 11.8 Å². The summed E-state index contributed by atoms with van der Waals surface area (Å²) >= 11 is 5.84. The van der Waals surface area contributed by atoms with E-state index in [0.717, 1.165) is 23.7 Å². The van der Waals surface area contributed by atoms with Crippen LogP contribution < -0.4 is 5.32 Å². The third-order valence-electron chi connectivity index (χ3n) is 1.87. The molecule has 1 N–H and O–H groups in total. The predicted molar refractivity (Wildman–Crippen MR) is 55.4 cm³/mol. The summed E-state index contributed by atoms with van der Waals surface area (Å²) in [7, 11) is 0. The Balaban J connectivity index is 0.000000845. The number of ether oxygens (including phenoxy) is 1. The normalized spacial score (nSPS) is 21.2. The summed E-state index contributed by atoms with van der Waals surface area (Å²) in [5.74, 6) is 0. The van der Waals surface area contributed by atoms with E-state index >= 15 is 0 Å². The van der Waals surface area contributed by atoms with Gasteiger partial charge in [-0.2, -0.15) is 0 Å². The molecule has 1 saturated heterocycles. The number of halogens is 2. The van der Waals surface area contributed by atoms with Crippen molar-refractivity contribution in [1.29, 1.82) is 0 Å². The molecule has 13 heavy (non-hydrogen) atoms. The van der Waals surface area contributed by atoms with Crippen molar-refractivity contribution < 1.29 is 4.74 Å². The van der Waals surface area contributed by atoms with Crippen LogP contribution in [0.15, 0.2) is 24.3 Å². The van der Waals surface area contributed by atoms with Crippen molar-refractivity contribution in [2.24, 2.45) is 0 Å². The molecule has 0 aromatic heterocycles. The lowest BCUT2D eigenvalue weighted by Gasteiger charge is -2.09. The van der Waals surface area contributed by atoms with Gasteiger partial charge in [0.2, 0.25) is 0 Å². The number of hydrogen-bond acceptors (Lipinski definition) is 2. The first-order valence-electron chi connectivity index (χ1n) is 3.97. The van der Waals surface area contributed by atoms with Crippen LogP contribution in [-0.2, 0) is 4.74 Å². The third kappa shape index (κ3) is 2.58. The Kier molecular flexibility index (Phi) is 4.00. The van der Waals surface area contributed by atoms with E-state index in [1.165, 1.54) is 0 Å². The van der Waals surface area contributed by atoms with Crippen molar-refractivity contribution in [2.45, 2.75) is 6.23 Å². The van der Waals surface area contributed by atoms with E-state index < -0.39 is 0 Å². The Morgan fingerprint density at radius 1 is 1.46 bits per heavy atom. The Morgan fingerprint density at radius 3 is 2.92 bits per heavy atom. The van der Waals surface area contributed by atoms with Crippen LogP contribution >= 0.6 is 24.0 Å². The molecule has 0 saturated carbocycles. The molecule has 72 valence electrons. The molecule has 4 heteroatoms. The summed E-state index contributed by atoms with van der Waals surface area (Å²) in [6.07, 6.45) is 0.0312. The number of hydrogen-bond donors (Lipinski definition) is 1. The number of nitrogens with one attached hydrogen (secondary N) is 1. The average molecular weight is 220 g/mol. The second-order valence-electron chi connectivity index (χ2n) is 2.76. The molecular formula is C9H11Cl2NO. The van der Waals surface area contributed by atoms with E-state index in [9.17, 15) is 0 Å². The van der Waals surface area contributed by atoms with Gasteiger partial charge in [0, 0.05) is 11.6 Å². The van der Waals surface area contributed by atoms with Gasteiger partial charge in [0.1, 0.15) is 6.23 Å². The Labute approximate surface area is 88.6 Å². The smallest absolute Gasteiger partial charge is 0.134 e. The van der Waals surface area contributed by atoms with Crippen LogP contribution in [-0.4, -0.2) is 13.2 Å². The fraction of sp³-hybridized carbons (Fsp3) is 0.333. The molecule has 1 fully saturated rings. The van der Waals surface area contributed by atoms with Gasteiger partial charge in [-0.1, -0.05) is 23.7 Å². The van der Waals surface area contributed by atoms with Crippen molar-refractivity contribution in [1.82, 2.24) is 5.32 Å². The van der Waals surface area contributed by atoms with E-state index in [4.69, 9.17) is 16.3 Å². The zero-order valence-electron chi connectivity index (χ0n) is 7.00. The van der Waals surface area contributed by atoms with E-state index in [1.807, 2.05) is 24.3 Å². The molecule has 0 spiro atoms.